The van der Waals surface area contributed by atoms with E-state index in [-0.39, 0.29) is 23.8 Å². The Kier molecular flexibility index (Phi) is 7.17. The molecule has 4 rings (SSSR count). The topological polar surface area (TPSA) is 71.5 Å². The quantitative estimate of drug-likeness (QED) is 0.595. The lowest BCUT2D eigenvalue weighted by Gasteiger charge is -2.32. The number of amides is 2. The molecule has 32 heavy (non-hydrogen) atoms. The van der Waals surface area contributed by atoms with Crippen LogP contribution in [0.2, 0.25) is 0 Å². The molecule has 1 aliphatic rings. The Morgan fingerprint density at radius 3 is 2.69 bits per heavy atom. The third-order valence-corrected chi connectivity index (χ3v) is 6.74. The largest absolute Gasteiger partial charge is 0.497 e. The highest BCUT2D eigenvalue weighted by molar-refractivity contribution is 7.10. The summed E-state index contributed by atoms with van der Waals surface area (Å²) in [4.78, 5) is 33.2. The molecule has 7 heteroatoms. The third kappa shape index (κ3) is 5.34. The minimum Gasteiger partial charge on any atom is -0.497 e. The number of nitrogens with one attached hydrogen (secondary N) is 1. The highest BCUT2D eigenvalue weighted by atomic mass is 32.1. The zero-order valence-electron chi connectivity index (χ0n) is 18.1. The summed E-state index contributed by atoms with van der Waals surface area (Å²) in [6, 6.07) is 17.1. The summed E-state index contributed by atoms with van der Waals surface area (Å²) in [5, 5.41) is 5.20. The van der Waals surface area contributed by atoms with Gasteiger partial charge in [-0.2, -0.15) is 0 Å². The van der Waals surface area contributed by atoms with E-state index < -0.39 is 0 Å². The summed E-state index contributed by atoms with van der Waals surface area (Å²) in [6.07, 6.45) is 3.41. The maximum Gasteiger partial charge on any atom is 0.226 e. The van der Waals surface area contributed by atoms with E-state index in [1.54, 1.807) is 24.6 Å². The standard InChI is InChI=1S/C25H27N3O3S/c1-31-20-7-4-6-18(16-20)17-23(29)28-13-10-19(11-14-28)25(30)27-24(22-9-5-15-32-22)21-8-2-3-12-26-21/h2-9,12,15-16,19,24H,10-11,13-14,17H2,1H3,(H,27,30). The molecule has 1 fully saturated rings. The average Bonchev–Trinajstić information content (AvgIpc) is 3.38. The first-order valence-electron chi connectivity index (χ1n) is 10.8. The van der Waals surface area contributed by atoms with Gasteiger partial charge in [0.2, 0.25) is 11.8 Å². The first-order chi connectivity index (χ1) is 15.6. The van der Waals surface area contributed by atoms with Crippen molar-refractivity contribution < 1.29 is 14.3 Å². The molecule has 1 aliphatic heterocycles. The molecule has 3 aromatic rings. The van der Waals surface area contributed by atoms with E-state index in [9.17, 15) is 9.59 Å². The molecule has 0 saturated carbocycles. The lowest BCUT2D eigenvalue weighted by atomic mass is 9.94. The van der Waals surface area contributed by atoms with Crippen molar-refractivity contribution in [1.82, 2.24) is 15.2 Å². The van der Waals surface area contributed by atoms with E-state index in [1.165, 1.54) is 0 Å². The van der Waals surface area contributed by atoms with Gasteiger partial charge in [-0.15, -0.1) is 11.3 Å². The first-order valence-corrected chi connectivity index (χ1v) is 11.7. The highest BCUT2D eigenvalue weighted by Crippen LogP contribution is 2.26. The van der Waals surface area contributed by atoms with Gasteiger partial charge in [0, 0.05) is 30.1 Å². The number of thiophene rings is 1. The van der Waals surface area contributed by atoms with Gasteiger partial charge < -0.3 is 15.0 Å². The maximum absolute atomic E-state index is 13.1. The Bertz CT molecular complexity index is 1030. The van der Waals surface area contributed by atoms with Crippen molar-refractivity contribution >= 4 is 23.2 Å². The molecular formula is C25H27N3O3S. The number of carbonyl (C=O) groups excluding carboxylic acids is 2. The van der Waals surface area contributed by atoms with Crippen molar-refractivity contribution in [2.75, 3.05) is 20.2 Å². The molecule has 1 aromatic carbocycles. The number of hydrogen-bond acceptors (Lipinski definition) is 5. The van der Waals surface area contributed by atoms with E-state index in [0.717, 1.165) is 21.9 Å². The number of pyridine rings is 1. The summed E-state index contributed by atoms with van der Waals surface area (Å²) >= 11 is 1.61. The zero-order chi connectivity index (χ0) is 22.3. The molecule has 0 spiro atoms. The number of likely N-dealkylation sites (tertiary alicyclic amines) is 1. The molecule has 1 N–H and O–H groups in total. The molecule has 2 amide bonds. The fraction of sp³-hybridized carbons (Fsp3) is 0.320. The second kappa shape index (κ2) is 10.4. The van der Waals surface area contributed by atoms with Crippen molar-refractivity contribution in [3.63, 3.8) is 0 Å². The number of nitrogens with zero attached hydrogens (tertiary/aromatic N) is 2. The van der Waals surface area contributed by atoms with Gasteiger partial charge in [0.25, 0.3) is 0 Å². The summed E-state index contributed by atoms with van der Waals surface area (Å²) < 4.78 is 5.24. The summed E-state index contributed by atoms with van der Waals surface area (Å²) in [6.45, 7) is 1.18. The predicted octanol–water partition coefficient (Wildman–Crippen LogP) is 3.84. The maximum atomic E-state index is 13.1. The molecule has 1 saturated heterocycles. The van der Waals surface area contributed by atoms with Crippen LogP contribution in [0.1, 0.15) is 35.0 Å². The van der Waals surface area contributed by atoms with Crippen LogP contribution < -0.4 is 10.1 Å². The molecule has 1 atom stereocenters. The fourth-order valence-corrected chi connectivity index (χ4v) is 4.80. The minimum atomic E-state index is -0.253. The Hall–Kier alpha value is -3.19. The second-order valence-electron chi connectivity index (χ2n) is 7.89. The van der Waals surface area contributed by atoms with E-state index in [0.29, 0.717) is 32.4 Å². The Morgan fingerprint density at radius 1 is 1.16 bits per heavy atom. The number of hydrogen-bond donors (Lipinski definition) is 1. The molecule has 166 valence electrons. The molecular weight excluding hydrogens is 422 g/mol. The van der Waals surface area contributed by atoms with Crippen molar-refractivity contribution in [1.29, 1.82) is 0 Å². The zero-order valence-corrected chi connectivity index (χ0v) is 18.9. The van der Waals surface area contributed by atoms with Gasteiger partial charge in [0.05, 0.1) is 19.2 Å². The van der Waals surface area contributed by atoms with Crippen LogP contribution in [0.3, 0.4) is 0 Å². The fourth-order valence-electron chi connectivity index (χ4n) is 4.01. The first kappa shape index (κ1) is 22.0. The molecule has 0 bridgehead atoms. The molecule has 0 radical (unpaired) electrons. The van der Waals surface area contributed by atoms with E-state index >= 15 is 0 Å². The van der Waals surface area contributed by atoms with Crippen LogP contribution in [0, 0.1) is 5.92 Å². The molecule has 0 aliphatic carbocycles. The number of carbonyl (C=O) groups is 2. The summed E-state index contributed by atoms with van der Waals surface area (Å²) in [7, 11) is 1.62. The van der Waals surface area contributed by atoms with Crippen molar-refractivity contribution in [3.05, 3.63) is 82.3 Å². The number of rotatable bonds is 7. The normalized spacial score (nSPS) is 15.2. The Labute approximate surface area is 192 Å². The van der Waals surface area contributed by atoms with E-state index in [1.807, 2.05) is 64.9 Å². The van der Waals surface area contributed by atoms with Crippen LogP contribution in [-0.4, -0.2) is 41.9 Å². The predicted molar refractivity (Wildman–Crippen MR) is 125 cm³/mol. The van der Waals surface area contributed by atoms with Crippen molar-refractivity contribution in [2.45, 2.75) is 25.3 Å². The van der Waals surface area contributed by atoms with Crippen LogP contribution in [0.25, 0.3) is 0 Å². The van der Waals surface area contributed by atoms with Crippen LogP contribution in [0.4, 0.5) is 0 Å². The van der Waals surface area contributed by atoms with E-state index in [2.05, 4.69) is 10.3 Å². The van der Waals surface area contributed by atoms with Gasteiger partial charge in [-0.25, -0.2) is 0 Å². The van der Waals surface area contributed by atoms with Gasteiger partial charge in [0.15, 0.2) is 0 Å². The SMILES string of the molecule is COc1cccc(CC(=O)N2CCC(C(=O)NC(c3ccccn3)c3cccs3)CC2)c1. The summed E-state index contributed by atoms with van der Waals surface area (Å²) in [5.41, 5.74) is 1.76. The van der Waals surface area contributed by atoms with Gasteiger partial charge in [-0.3, -0.25) is 14.6 Å². The van der Waals surface area contributed by atoms with Crippen molar-refractivity contribution in [2.24, 2.45) is 5.92 Å². The number of piperidine rings is 1. The Morgan fingerprint density at radius 2 is 2.00 bits per heavy atom. The van der Waals surface area contributed by atoms with Crippen LogP contribution >= 0.6 is 11.3 Å². The van der Waals surface area contributed by atoms with Crippen molar-refractivity contribution in [3.8, 4) is 5.75 Å². The average molecular weight is 450 g/mol. The smallest absolute Gasteiger partial charge is 0.226 e. The van der Waals surface area contributed by atoms with Gasteiger partial charge in [-0.1, -0.05) is 24.3 Å². The number of benzene rings is 1. The lowest BCUT2D eigenvalue weighted by molar-refractivity contribution is -0.135. The van der Waals surface area contributed by atoms with Gasteiger partial charge in [0.1, 0.15) is 11.8 Å². The van der Waals surface area contributed by atoms with Crippen LogP contribution in [0.5, 0.6) is 5.75 Å². The van der Waals surface area contributed by atoms with Gasteiger partial charge >= 0.3 is 0 Å². The van der Waals surface area contributed by atoms with Gasteiger partial charge in [-0.05, 0) is 54.1 Å². The number of aromatic nitrogens is 1. The molecule has 1 unspecified atom stereocenters. The van der Waals surface area contributed by atoms with Crippen LogP contribution in [-0.2, 0) is 16.0 Å². The molecule has 6 nitrogen and oxygen atoms in total. The highest BCUT2D eigenvalue weighted by Gasteiger charge is 2.29. The van der Waals surface area contributed by atoms with E-state index in [4.69, 9.17) is 4.74 Å². The summed E-state index contributed by atoms with van der Waals surface area (Å²) in [5.74, 6) is 0.747. The van der Waals surface area contributed by atoms with Crippen LogP contribution in [0.15, 0.2) is 66.2 Å². The third-order valence-electron chi connectivity index (χ3n) is 5.81. The lowest BCUT2D eigenvalue weighted by Crippen LogP contribution is -2.44. The Balaban J connectivity index is 1.34. The number of ether oxygens (including phenoxy) is 1. The monoisotopic (exact) mass is 449 g/mol. The molecule has 3 heterocycles. The number of methoxy groups -OCH3 is 1. The molecule has 2 aromatic heterocycles. The second-order valence-corrected chi connectivity index (χ2v) is 8.87. The minimum absolute atomic E-state index is 0.0222.